The number of hydrogen-bond donors (Lipinski definition) is 1. The van der Waals surface area contributed by atoms with Crippen molar-refractivity contribution >= 4 is 40.5 Å². The van der Waals surface area contributed by atoms with E-state index in [-0.39, 0.29) is 10.7 Å². The van der Waals surface area contributed by atoms with Gasteiger partial charge in [0.25, 0.3) is 0 Å². The first-order valence-electron chi connectivity index (χ1n) is 4.76. The Hall–Kier alpha value is -1.72. The summed E-state index contributed by atoms with van der Waals surface area (Å²) < 4.78 is 0. The monoisotopic (exact) mass is 264 g/mol. The lowest BCUT2D eigenvalue weighted by atomic mass is 10.3. The molecule has 0 aliphatic heterocycles. The third kappa shape index (κ3) is 2.89. The Kier molecular flexibility index (Phi) is 3.51. The molecular formula is C12H8O3S2. The van der Waals surface area contributed by atoms with E-state index in [9.17, 15) is 9.59 Å². The minimum absolute atomic E-state index is 0.170. The molecule has 2 aromatic heterocycles. The Balaban J connectivity index is 2.12. The number of carboxylic acid groups (broad SMARTS) is 1. The van der Waals surface area contributed by atoms with Crippen molar-refractivity contribution in [3.63, 3.8) is 0 Å². The molecular weight excluding hydrogens is 256 g/mol. The predicted molar refractivity (Wildman–Crippen MR) is 69.0 cm³/mol. The molecule has 0 amide bonds. The van der Waals surface area contributed by atoms with E-state index in [1.54, 1.807) is 17.4 Å². The number of allylic oxidation sites excluding steroid dienone is 1. The third-order valence-corrected chi connectivity index (χ3v) is 3.93. The fourth-order valence-corrected chi connectivity index (χ4v) is 2.59. The topological polar surface area (TPSA) is 54.4 Å². The second-order valence-corrected chi connectivity index (χ2v) is 5.25. The molecule has 17 heavy (non-hydrogen) atoms. The van der Waals surface area contributed by atoms with Gasteiger partial charge in [-0.05, 0) is 35.7 Å². The van der Waals surface area contributed by atoms with Gasteiger partial charge in [-0.25, -0.2) is 4.79 Å². The summed E-state index contributed by atoms with van der Waals surface area (Å²) in [5.41, 5.74) is 0. The maximum Gasteiger partial charge on any atom is 0.345 e. The molecule has 0 bridgehead atoms. The number of ketones is 1. The zero-order valence-corrected chi connectivity index (χ0v) is 10.3. The molecule has 0 aliphatic rings. The third-order valence-electron chi connectivity index (χ3n) is 2.00. The Labute approximate surface area is 106 Å². The van der Waals surface area contributed by atoms with Gasteiger partial charge in [0.1, 0.15) is 4.88 Å². The first-order chi connectivity index (χ1) is 8.16. The van der Waals surface area contributed by atoms with Gasteiger partial charge >= 0.3 is 5.97 Å². The van der Waals surface area contributed by atoms with E-state index < -0.39 is 5.97 Å². The van der Waals surface area contributed by atoms with E-state index >= 15 is 0 Å². The van der Waals surface area contributed by atoms with Crippen LogP contribution >= 0.6 is 22.7 Å². The van der Waals surface area contributed by atoms with E-state index in [2.05, 4.69) is 0 Å². The second kappa shape index (κ2) is 5.07. The van der Waals surface area contributed by atoms with Crippen LogP contribution in [-0.4, -0.2) is 16.9 Å². The van der Waals surface area contributed by atoms with E-state index in [1.165, 1.54) is 18.2 Å². The summed E-state index contributed by atoms with van der Waals surface area (Å²) >= 11 is 2.53. The maximum absolute atomic E-state index is 11.7. The SMILES string of the molecule is O=C(O)c1ccc(C(=O)/C=C\c2cccs2)s1. The highest BCUT2D eigenvalue weighted by atomic mass is 32.1. The van der Waals surface area contributed by atoms with Gasteiger partial charge in [0.05, 0.1) is 4.88 Å². The largest absolute Gasteiger partial charge is 0.477 e. The Morgan fingerprint density at radius 3 is 2.53 bits per heavy atom. The number of carbonyl (C=O) groups excluding carboxylic acids is 1. The molecule has 2 aromatic rings. The van der Waals surface area contributed by atoms with E-state index in [0.29, 0.717) is 4.88 Å². The molecule has 1 N–H and O–H groups in total. The molecule has 0 saturated heterocycles. The predicted octanol–water partition coefficient (Wildman–Crippen LogP) is 3.40. The number of thiophene rings is 2. The van der Waals surface area contributed by atoms with Gasteiger partial charge in [-0.3, -0.25) is 4.79 Å². The van der Waals surface area contributed by atoms with Crippen molar-refractivity contribution in [2.24, 2.45) is 0 Å². The van der Waals surface area contributed by atoms with Crippen LogP contribution in [0.3, 0.4) is 0 Å². The summed E-state index contributed by atoms with van der Waals surface area (Å²) in [5, 5.41) is 10.7. The van der Waals surface area contributed by atoms with Crippen molar-refractivity contribution in [2.75, 3.05) is 0 Å². The smallest absolute Gasteiger partial charge is 0.345 e. The molecule has 2 rings (SSSR count). The zero-order valence-electron chi connectivity index (χ0n) is 8.62. The highest BCUT2D eigenvalue weighted by molar-refractivity contribution is 7.16. The molecule has 0 atom stereocenters. The molecule has 86 valence electrons. The summed E-state index contributed by atoms with van der Waals surface area (Å²) in [6.07, 6.45) is 3.19. The summed E-state index contributed by atoms with van der Waals surface area (Å²) in [4.78, 5) is 24.0. The van der Waals surface area contributed by atoms with Crippen molar-refractivity contribution < 1.29 is 14.7 Å². The number of carboxylic acids is 1. The van der Waals surface area contributed by atoms with E-state index in [0.717, 1.165) is 16.2 Å². The highest BCUT2D eigenvalue weighted by Crippen LogP contribution is 2.18. The first kappa shape index (κ1) is 11.8. The standard InChI is InChI=1S/C12H8O3S2/c13-9(4-3-8-2-1-7-16-8)10-5-6-11(17-10)12(14)15/h1-7H,(H,14,15)/b4-3-. The van der Waals surface area contributed by atoms with Crippen molar-refractivity contribution in [3.05, 3.63) is 50.4 Å². The molecule has 0 saturated carbocycles. The van der Waals surface area contributed by atoms with Crippen LogP contribution < -0.4 is 0 Å². The fourth-order valence-electron chi connectivity index (χ4n) is 1.21. The second-order valence-electron chi connectivity index (χ2n) is 3.18. The van der Waals surface area contributed by atoms with Gasteiger partial charge in [-0.2, -0.15) is 0 Å². The molecule has 0 unspecified atom stereocenters. The van der Waals surface area contributed by atoms with Crippen LogP contribution in [0.2, 0.25) is 0 Å². The van der Waals surface area contributed by atoms with Crippen molar-refractivity contribution in [1.29, 1.82) is 0 Å². The molecule has 5 heteroatoms. The van der Waals surface area contributed by atoms with Crippen molar-refractivity contribution in [2.45, 2.75) is 0 Å². The van der Waals surface area contributed by atoms with Gasteiger partial charge in [-0.15, -0.1) is 22.7 Å². The fraction of sp³-hybridized carbons (Fsp3) is 0. The molecule has 0 radical (unpaired) electrons. The summed E-state index contributed by atoms with van der Waals surface area (Å²) in [6.45, 7) is 0. The lowest BCUT2D eigenvalue weighted by Crippen LogP contribution is -1.91. The van der Waals surface area contributed by atoms with Crippen LogP contribution in [0, 0.1) is 0 Å². The van der Waals surface area contributed by atoms with Crippen LogP contribution in [0.1, 0.15) is 24.2 Å². The summed E-state index contributed by atoms with van der Waals surface area (Å²) in [5.74, 6) is -1.17. The minimum atomic E-state index is -1.00. The first-order valence-corrected chi connectivity index (χ1v) is 6.45. The van der Waals surface area contributed by atoms with Crippen molar-refractivity contribution in [1.82, 2.24) is 0 Å². The Morgan fingerprint density at radius 2 is 1.94 bits per heavy atom. The number of aromatic carboxylic acids is 1. The van der Waals surface area contributed by atoms with Gasteiger partial charge in [-0.1, -0.05) is 6.07 Å². The average Bonchev–Trinajstić information content (AvgIpc) is 2.96. The van der Waals surface area contributed by atoms with E-state index in [1.807, 2.05) is 17.5 Å². The maximum atomic E-state index is 11.7. The quantitative estimate of drug-likeness (QED) is 0.680. The van der Waals surface area contributed by atoms with Gasteiger partial charge in [0, 0.05) is 4.88 Å². The number of carbonyl (C=O) groups is 2. The van der Waals surface area contributed by atoms with Gasteiger partial charge in [0.2, 0.25) is 0 Å². The molecule has 0 aliphatic carbocycles. The molecule has 0 aromatic carbocycles. The average molecular weight is 264 g/mol. The van der Waals surface area contributed by atoms with Crippen molar-refractivity contribution in [3.8, 4) is 0 Å². The Bertz CT molecular complexity index is 564. The molecule has 2 heterocycles. The van der Waals surface area contributed by atoms with Crippen LogP contribution in [0.4, 0.5) is 0 Å². The normalized spacial score (nSPS) is 10.8. The van der Waals surface area contributed by atoms with E-state index in [4.69, 9.17) is 5.11 Å². The van der Waals surface area contributed by atoms with Gasteiger partial charge in [0.15, 0.2) is 5.78 Å². The molecule has 3 nitrogen and oxygen atoms in total. The molecule has 0 fully saturated rings. The lowest BCUT2D eigenvalue weighted by molar-refractivity contribution is 0.0702. The van der Waals surface area contributed by atoms with Gasteiger partial charge < -0.3 is 5.11 Å². The lowest BCUT2D eigenvalue weighted by Gasteiger charge is -1.88. The summed E-state index contributed by atoms with van der Waals surface area (Å²) in [6, 6.07) is 6.79. The minimum Gasteiger partial charge on any atom is -0.477 e. The van der Waals surface area contributed by atoms with Crippen LogP contribution in [-0.2, 0) is 0 Å². The zero-order chi connectivity index (χ0) is 12.3. The number of hydrogen-bond acceptors (Lipinski definition) is 4. The van der Waals surface area contributed by atoms with Crippen LogP contribution in [0.15, 0.2) is 35.7 Å². The number of rotatable bonds is 4. The molecule has 0 spiro atoms. The highest BCUT2D eigenvalue weighted by Gasteiger charge is 2.10. The van der Waals surface area contributed by atoms with Crippen LogP contribution in [0.25, 0.3) is 6.08 Å². The Morgan fingerprint density at radius 1 is 1.18 bits per heavy atom. The van der Waals surface area contributed by atoms with Crippen LogP contribution in [0.5, 0.6) is 0 Å². The summed E-state index contributed by atoms with van der Waals surface area (Å²) in [7, 11) is 0.